The molecule has 6 rings (SSSR count). The van der Waals surface area contributed by atoms with Crippen LogP contribution < -0.4 is 5.32 Å². The summed E-state index contributed by atoms with van der Waals surface area (Å²) in [5.74, 6) is -0.346. The van der Waals surface area contributed by atoms with E-state index in [2.05, 4.69) is 5.32 Å². The number of hydrogen-bond donors (Lipinski definition) is 2. The van der Waals surface area contributed by atoms with E-state index in [9.17, 15) is 14.7 Å². The van der Waals surface area contributed by atoms with E-state index in [0.717, 1.165) is 49.8 Å². The molecule has 0 aromatic heterocycles. The summed E-state index contributed by atoms with van der Waals surface area (Å²) in [6.07, 6.45) is 3.11. The van der Waals surface area contributed by atoms with E-state index in [1.165, 1.54) is 0 Å². The smallest absolute Gasteiger partial charge is 0.348 e. The van der Waals surface area contributed by atoms with Crippen LogP contribution in [0.1, 0.15) is 36.8 Å². The molecule has 4 aliphatic rings. The van der Waals surface area contributed by atoms with E-state index < -0.39 is 11.6 Å². The molecule has 4 saturated heterocycles. The molecular formula is C28H35N2O5+. The number of esters is 1. The topological polar surface area (TPSA) is 84.9 Å². The minimum absolute atomic E-state index is 0.0219. The van der Waals surface area contributed by atoms with Crippen LogP contribution in [-0.4, -0.2) is 73.0 Å². The highest BCUT2D eigenvalue weighted by Crippen LogP contribution is 2.38. The van der Waals surface area contributed by atoms with Gasteiger partial charge in [0.1, 0.15) is 12.6 Å². The number of rotatable bonds is 8. The molecule has 2 N–H and O–H groups in total. The molecular weight excluding hydrogens is 444 g/mol. The maximum atomic E-state index is 13.6. The summed E-state index contributed by atoms with van der Waals surface area (Å²) in [5.41, 5.74) is -0.870. The van der Waals surface area contributed by atoms with Gasteiger partial charge in [0.25, 0.3) is 0 Å². The highest BCUT2D eigenvalue weighted by Gasteiger charge is 2.50. The zero-order valence-electron chi connectivity index (χ0n) is 20.1. The number of nitrogens with one attached hydrogen (secondary N) is 1. The van der Waals surface area contributed by atoms with E-state index in [0.29, 0.717) is 36.7 Å². The second kappa shape index (κ2) is 10.1. The van der Waals surface area contributed by atoms with Crippen molar-refractivity contribution in [3.8, 4) is 0 Å². The molecule has 1 amide bonds. The van der Waals surface area contributed by atoms with Crippen molar-refractivity contribution in [1.82, 2.24) is 5.32 Å². The first-order chi connectivity index (χ1) is 17.0. The van der Waals surface area contributed by atoms with Gasteiger partial charge < -0.3 is 24.4 Å². The molecule has 0 saturated carbocycles. The van der Waals surface area contributed by atoms with Gasteiger partial charge in [0.2, 0.25) is 11.5 Å². The summed E-state index contributed by atoms with van der Waals surface area (Å²) < 4.78 is 12.4. The van der Waals surface area contributed by atoms with Gasteiger partial charge in [-0.05, 0) is 24.0 Å². The van der Waals surface area contributed by atoms with E-state index in [-0.39, 0.29) is 18.1 Å². The van der Waals surface area contributed by atoms with Crippen molar-refractivity contribution in [3.05, 3.63) is 71.8 Å². The first kappa shape index (κ1) is 24.0. The highest BCUT2D eigenvalue weighted by molar-refractivity contribution is 5.85. The van der Waals surface area contributed by atoms with Crippen LogP contribution in [0.2, 0.25) is 0 Å². The minimum atomic E-state index is -1.87. The Bertz CT molecular complexity index is 975. The number of amides is 1. The second-order valence-corrected chi connectivity index (χ2v) is 10.2. The summed E-state index contributed by atoms with van der Waals surface area (Å²) in [6.45, 7) is 4.81. The van der Waals surface area contributed by atoms with Crippen molar-refractivity contribution < 1.29 is 28.7 Å². The van der Waals surface area contributed by atoms with Crippen LogP contribution in [0.5, 0.6) is 0 Å². The fraction of sp³-hybridized carbons (Fsp3) is 0.500. The van der Waals surface area contributed by atoms with Crippen molar-refractivity contribution in [1.29, 1.82) is 0 Å². The number of ether oxygens (including phenoxy) is 2. The largest absolute Gasteiger partial charge is 0.453 e. The lowest BCUT2D eigenvalue weighted by Crippen LogP contribution is -2.66. The van der Waals surface area contributed by atoms with Crippen LogP contribution >= 0.6 is 0 Å². The van der Waals surface area contributed by atoms with Gasteiger partial charge in [-0.1, -0.05) is 60.7 Å². The average molecular weight is 480 g/mol. The molecule has 4 fully saturated rings. The number of quaternary nitrogens is 1. The van der Waals surface area contributed by atoms with E-state index in [1.54, 1.807) is 24.3 Å². The highest BCUT2D eigenvalue weighted by atomic mass is 16.6. The van der Waals surface area contributed by atoms with Crippen LogP contribution in [0.15, 0.2) is 60.7 Å². The monoisotopic (exact) mass is 479 g/mol. The molecule has 2 aromatic rings. The van der Waals surface area contributed by atoms with Crippen molar-refractivity contribution in [2.75, 3.05) is 39.3 Å². The Morgan fingerprint density at radius 2 is 1.63 bits per heavy atom. The predicted molar refractivity (Wildman–Crippen MR) is 130 cm³/mol. The molecule has 4 heterocycles. The Labute approximate surface area is 206 Å². The predicted octanol–water partition coefficient (Wildman–Crippen LogP) is 2.37. The van der Waals surface area contributed by atoms with Gasteiger partial charge in [0, 0.05) is 25.4 Å². The third-order valence-electron chi connectivity index (χ3n) is 8.09. The van der Waals surface area contributed by atoms with Crippen LogP contribution in [-0.2, 0) is 24.7 Å². The maximum Gasteiger partial charge on any atom is 0.348 e. The molecule has 0 aliphatic carbocycles. The second-order valence-electron chi connectivity index (χ2n) is 10.2. The lowest BCUT2D eigenvalue weighted by atomic mass is 9.82. The van der Waals surface area contributed by atoms with Gasteiger partial charge >= 0.3 is 5.97 Å². The number of aliphatic hydroxyl groups is 1. The van der Waals surface area contributed by atoms with Crippen LogP contribution in [0.25, 0.3) is 0 Å². The summed E-state index contributed by atoms with van der Waals surface area (Å²) in [5, 5.41) is 14.8. The lowest BCUT2D eigenvalue weighted by molar-refractivity contribution is -0.945. The number of fused-ring (bicyclic) bond motifs is 3. The van der Waals surface area contributed by atoms with Crippen LogP contribution in [0.4, 0.5) is 0 Å². The number of nitrogens with zero attached hydrogens (tertiary/aromatic N) is 1. The van der Waals surface area contributed by atoms with Crippen molar-refractivity contribution in [3.63, 3.8) is 0 Å². The molecule has 0 spiro atoms. The quantitative estimate of drug-likeness (QED) is 0.449. The van der Waals surface area contributed by atoms with Crippen molar-refractivity contribution in [2.24, 2.45) is 5.92 Å². The molecule has 0 unspecified atom stereocenters. The van der Waals surface area contributed by atoms with Crippen molar-refractivity contribution >= 4 is 11.9 Å². The number of benzene rings is 2. The Balaban J connectivity index is 1.27. The first-order valence-electron chi connectivity index (χ1n) is 12.8. The van der Waals surface area contributed by atoms with Gasteiger partial charge in [0.05, 0.1) is 26.2 Å². The minimum Gasteiger partial charge on any atom is -0.453 e. The van der Waals surface area contributed by atoms with Gasteiger partial charge in [-0.2, -0.15) is 0 Å². The van der Waals surface area contributed by atoms with Gasteiger partial charge in [-0.25, -0.2) is 4.79 Å². The standard InChI is InChI=1S/C28H34N2O5/c31-26(24-12-7-19-34-24)29-15-18-30-16-13-21(14-17-30)25(20-30)35-27(32)28(33,22-8-3-1-4-9-22)23-10-5-2-6-11-23/h1-6,8-11,21,24-25,33H,7,12-20H2/p+1/t21?,24-,25+,30?/m1/s1. The number of carbonyl (C=O) groups is 2. The first-order valence-corrected chi connectivity index (χ1v) is 12.8. The lowest BCUT2D eigenvalue weighted by Gasteiger charge is -2.52. The third-order valence-corrected chi connectivity index (χ3v) is 8.09. The zero-order chi connectivity index (χ0) is 24.3. The number of piperidine rings is 3. The summed E-state index contributed by atoms with van der Waals surface area (Å²) in [7, 11) is 0. The van der Waals surface area contributed by atoms with E-state index in [1.807, 2.05) is 36.4 Å². The molecule has 35 heavy (non-hydrogen) atoms. The molecule has 186 valence electrons. The fourth-order valence-corrected chi connectivity index (χ4v) is 5.97. The molecule has 0 radical (unpaired) electrons. The molecule has 2 aromatic carbocycles. The maximum absolute atomic E-state index is 13.6. The SMILES string of the molecule is O=C(NCC[N+]12CCC(CC1)[C@@H](OC(=O)C(O)(c1ccccc1)c1ccccc1)C2)[C@H]1CCCO1. The zero-order valence-corrected chi connectivity index (χ0v) is 20.1. The average Bonchev–Trinajstić information content (AvgIpc) is 3.45. The fourth-order valence-electron chi connectivity index (χ4n) is 5.97. The van der Waals surface area contributed by atoms with Gasteiger partial charge in [0.15, 0.2) is 6.10 Å². The van der Waals surface area contributed by atoms with E-state index in [4.69, 9.17) is 9.47 Å². The van der Waals surface area contributed by atoms with Crippen LogP contribution in [0.3, 0.4) is 0 Å². The summed E-state index contributed by atoms with van der Waals surface area (Å²) in [4.78, 5) is 26.0. The summed E-state index contributed by atoms with van der Waals surface area (Å²) >= 11 is 0. The van der Waals surface area contributed by atoms with Crippen molar-refractivity contribution in [2.45, 2.75) is 43.5 Å². The number of carbonyl (C=O) groups excluding carboxylic acids is 2. The Kier molecular flexibility index (Phi) is 6.91. The summed E-state index contributed by atoms with van der Waals surface area (Å²) in [6, 6.07) is 18.0. The van der Waals surface area contributed by atoms with Crippen LogP contribution in [0, 0.1) is 5.92 Å². The molecule has 2 atom stereocenters. The Morgan fingerprint density at radius 3 is 2.20 bits per heavy atom. The third kappa shape index (κ3) is 4.85. The molecule has 4 aliphatic heterocycles. The molecule has 2 bridgehead atoms. The Morgan fingerprint density at radius 1 is 1.00 bits per heavy atom. The Hall–Kier alpha value is -2.74. The normalized spacial score (nSPS) is 28.0. The van der Waals surface area contributed by atoms with Gasteiger partial charge in [-0.3, -0.25) is 4.79 Å². The van der Waals surface area contributed by atoms with Gasteiger partial charge in [-0.15, -0.1) is 0 Å². The number of hydrogen-bond acceptors (Lipinski definition) is 5. The molecule has 7 nitrogen and oxygen atoms in total. The van der Waals surface area contributed by atoms with E-state index >= 15 is 0 Å². The molecule has 7 heteroatoms.